The fourth-order valence-corrected chi connectivity index (χ4v) is 2.91. The highest BCUT2D eigenvalue weighted by atomic mass is 16.5. The first-order valence-corrected chi connectivity index (χ1v) is 7.31. The minimum atomic E-state index is -0.307. The molecule has 2 aromatic carbocycles. The summed E-state index contributed by atoms with van der Waals surface area (Å²) in [5, 5.41) is 0. The molecule has 0 spiro atoms. The van der Waals surface area contributed by atoms with Gasteiger partial charge in [-0.3, -0.25) is 4.79 Å². The summed E-state index contributed by atoms with van der Waals surface area (Å²) in [7, 11) is 0. The van der Waals surface area contributed by atoms with E-state index in [2.05, 4.69) is 36.4 Å². The van der Waals surface area contributed by atoms with E-state index in [4.69, 9.17) is 10.5 Å². The van der Waals surface area contributed by atoms with Gasteiger partial charge in [0.1, 0.15) is 0 Å². The van der Waals surface area contributed by atoms with Crippen LogP contribution in [0.2, 0.25) is 0 Å². The topological polar surface area (TPSA) is 52.3 Å². The predicted molar refractivity (Wildman–Crippen MR) is 82.9 cm³/mol. The number of carbonyl (C=O) groups excluding carboxylic acids is 1. The molecule has 0 heterocycles. The molecule has 0 fully saturated rings. The van der Waals surface area contributed by atoms with Crippen molar-refractivity contribution in [1.29, 1.82) is 0 Å². The largest absolute Gasteiger partial charge is 0.466 e. The van der Waals surface area contributed by atoms with Crippen LogP contribution in [0.25, 0.3) is 11.1 Å². The van der Waals surface area contributed by atoms with E-state index in [1.165, 1.54) is 22.3 Å². The second-order valence-corrected chi connectivity index (χ2v) is 5.37. The minimum Gasteiger partial charge on any atom is -0.466 e. The summed E-state index contributed by atoms with van der Waals surface area (Å²) in [6, 6.07) is 14.4. The maximum Gasteiger partial charge on any atom is 0.307 e. The van der Waals surface area contributed by atoms with Gasteiger partial charge in [-0.25, -0.2) is 0 Å². The Morgan fingerprint density at radius 1 is 1.19 bits per heavy atom. The van der Waals surface area contributed by atoms with Gasteiger partial charge in [-0.15, -0.1) is 0 Å². The van der Waals surface area contributed by atoms with Gasteiger partial charge in [0.05, 0.1) is 13.0 Å². The monoisotopic (exact) mass is 281 g/mol. The molecule has 3 nitrogen and oxygen atoms in total. The predicted octanol–water partition coefficient (Wildman–Crippen LogP) is 3.21. The van der Waals surface area contributed by atoms with Crippen LogP contribution in [0.5, 0.6) is 0 Å². The number of carbonyl (C=O) groups is 1. The van der Waals surface area contributed by atoms with Crippen molar-refractivity contribution in [2.75, 3.05) is 6.61 Å². The molecule has 0 radical (unpaired) electrons. The number of fused-ring (bicyclic) bond motifs is 3. The van der Waals surface area contributed by atoms with Crippen LogP contribution in [0.4, 0.5) is 0 Å². The first-order chi connectivity index (χ1) is 10.2. The summed E-state index contributed by atoms with van der Waals surface area (Å²) >= 11 is 0. The lowest BCUT2D eigenvalue weighted by atomic mass is 9.98. The van der Waals surface area contributed by atoms with E-state index in [9.17, 15) is 4.79 Å². The summed E-state index contributed by atoms with van der Waals surface area (Å²) < 4.78 is 4.96. The number of nitrogens with two attached hydrogens (primary N) is 1. The molecule has 1 aliphatic rings. The standard InChI is InChI=1S/C18H19NO2/c1-2-21-18(20)11-17(19)13-7-8-16-14(10-13)9-12-5-3-4-6-15(12)16/h3-8,10,17H,2,9,11,19H2,1H3/t17-/m1/s1. The van der Waals surface area contributed by atoms with Crippen LogP contribution in [0.1, 0.15) is 36.1 Å². The Kier molecular flexibility index (Phi) is 3.76. The molecule has 108 valence electrons. The van der Waals surface area contributed by atoms with Crippen LogP contribution in [-0.2, 0) is 16.0 Å². The lowest BCUT2D eigenvalue weighted by Gasteiger charge is -2.13. The SMILES string of the molecule is CCOC(=O)C[C@@H](N)c1ccc2c(c1)Cc1ccccc1-2. The first kappa shape index (κ1) is 13.8. The average Bonchev–Trinajstić information content (AvgIpc) is 2.85. The van der Waals surface area contributed by atoms with Gasteiger partial charge in [-0.05, 0) is 41.2 Å². The van der Waals surface area contributed by atoms with Crippen molar-refractivity contribution < 1.29 is 9.53 Å². The summed E-state index contributed by atoms with van der Waals surface area (Å²) in [5.74, 6) is -0.242. The van der Waals surface area contributed by atoms with E-state index >= 15 is 0 Å². The zero-order valence-electron chi connectivity index (χ0n) is 12.1. The number of hydrogen-bond acceptors (Lipinski definition) is 3. The molecule has 0 aliphatic heterocycles. The fraction of sp³-hybridized carbons (Fsp3) is 0.278. The summed E-state index contributed by atoms with van der Waals surface area (Å²) in [6.07, 6.45) is 1.16. The second-order valence-electron chi connectivity index (χ2n) is 5.37. The van der Waals surface area contributed by atoms with Gasteiger partial charge in [0.2, 0.25) is 0 Å². The van der Waals surface area contributed by atoms with Crippen LogP contribution in [-0.4, -0.2) is 12.6 Å². The van der Waals surface area contributed by atoms with Crippen molar-refractivity contribution in [3.63, 3.8) is 0 Å². The highest BCUT2D eigenvalue weighted by Crippen LogP contribution is 2.37. The van der Waals surface area contributed by atoms with Crippen LogP contribution >= 0.6 is 0 Å². The first-order valence-electron chi connectivity index (χ1n) is 7.31. The molecular formula is C18H19NO2. The van der Waals surface area contributed by atoms with Gasteiger partial charge >= 0.3 is 5.97 Å². The molecule has 21 heavy (non-hydrogen) atoms. The van der Waals surface area contributed by atoms with Crippen molar-refractivity contribution in [1.82, 2.24) is 0 Å². The Morgan fingerprint density at radius 2 is 1.95 bits per heavy atom. The zero-order chi connectivity index (χ0) is 14.8. The summed E-state index contributed by atoms with van der Waals surface area (Å²) in [6.45, 7) is 2.20. The van der Waals surface area contributed by atoms with E-state index < -0.39 is 0 Å². The Bertz CT molecular complexity index is 679. The normalized spacial score (nSPS) is 13.4. The van der Waals surface area contributed by atoms with Gasteiger partial charge in [0.15, 0.2) is 0 Å². The lowest BCUT2D eigenvalue weighted by molar-refractivity contribution is -0.143. The Hall–Kier alpha value is -2.13. The van der Waals surface area contributed by atoms with Crippen LogP contribution in [0, 0.1) is 0 Å². The summed E-state index contributed by atoms with van der Waals surface area (Å²) in [5.41, 5.74) is 12.3. The van der Waals surface area contributed by atoms with Gasteiger partial charge in [-0.1, -0.05) is 42.5 Å². The van der Waals surface area contributed by atoms with Crippen LogP contribution in [0.3, 0.4) is 0 Å². The number of benzene rings is 2. The van der Waals surface area contributed by atoms with E-state index in [1.807, 2.05) is 6.07 Å². The number of hydrogen-bond donors (Lipinski definition) is 1. The molecule has 1 atom stereocenters. The second kappa shape index (κ2) is 5.70. The van der Waals surface area contributed by atoms with Crippen LogP contribution < -0.4 is 5.73 Å². The van der Waals surface area contributed by atoms with Gasteiger partial charge in [-0.2, -0.15) is 0 Å². The Morgan fingerprint density at radius 3 is 2.76 bits per heavy atom. The third-order valence-electron chi connectivity index (χ3n) is 3.94. The highest BCUT2D eigenvalue weighted by Gasteiger charge is 2.20. The van der Waals surface area contributed by atoms with Crippen molar-refractivity contribution in [3.8, 4) is 11.1 Å². The quantitative estimate of drug-likeness (QED) is 0.747. The van der Waals surface area contributed by atoms with Gasteiger partial charge in [0.25, 0.3) is 0 Å². The molecule has 0 saturated carbocycles. The highest BCUT2D eigenvalue weighted by molar-refractivity contribution is 5.77. The van der Waals surface area contributed by atoms with Crippen LogP contribution in [0.15, 0.2) is 42.5 Å². The number of rotatable bonds is 4. The fourth-order valence-electron chi connectivity index (χ4n) is 2.91. The van der Waals surface area contributed by atoms with Gasteiger partial charge in [0, 0.05) is 6.04 Å². The van der Waals surface area contributed by atoms with Crippen molar-refractivity contribution in [2.24, 2.45) is 5.73 Å². The van der Waals surface area contributed by atoms with E-state index in [-0.39, 0.29) is 18.4 Å². The molecule has 3 heteroatoms. The molecule has 0 amide bonds. The molecule has 0 bridgehead atoms. The number of esters is 1. The van der Waals surface area contributed by atoms with Gasteiger partial charge < -0.3 is 10.5 Å². The average molecular weight is 281 g/mol. The van der Waals surface area contributed by atoms with E-state index in [0.29, 0.717) is 6.61 Å². The van der Waals surface area contributed by atoms with E-state index in [1.54, 1.807) is 6.92 Å². The molecule has 0 saturated heterocycles. The minimum absolute atomic E-state index is 0.222. The molecule has 1 aliphatic carbocycles. The molecule has 0 unspecified atom stereocenters. The third kappa shape index (κ3) is 2.69. The van der Waals surface area contributed by atoms with Crippen molar-refractivity contribution >= 4 is 5.97 Å². The van der Waals surface area contributed by atoms with Crippen molar-refractivity contribution in [2.45, 2.75) is 25.8 Å². The van der Waals surface area contributed by atoms with Crippen molar-refractivity contribution in [3.05, 3.63) is 59.2 Å². The number of ether oxygens (including phenoxy) is 1. The Labute approximate surface area is 124 Å². The summed E-state index contributed by atoms with van der Waals surface area (Å²) in [4.78, 5) is 11.5. The molecule has 2 aromatic rings. The molecule has 3 rings (SSSR count). The molecule has 0 aromatic heterocycles. The smallest absolute Gasteiger partial charge is 0.307 e. The zero-order valence-corrected chi connectivity index (χ0v) is 12.1. The molecular weight excluding hydrogens is 262 g/mol. The van der Waals surface area contributed by atoms with E-state index in [0.717, 1.165) is 12.0 Å². The third-order valence-corrected chi connectivity index (χ3v) is 3.94. The maximum atomic E-state index is 11.5. The lowest BCUT2D eigenvalue weighted by Crippen LogP contribution is -2.17. The molecule has 2 N–H and O–H groups in total. The maximum absolute atomic E-state index is 11.5. The Balaban J connectivity index is 1.82.